The first-order chi connectivity index (χ1) is 17.3. The zero-order valence-electron chi connectivity index (χ0n) is 18.4. The summed E-state index contributed by atoms with van der Waals surface area (Å²) in [4.78, 5) is 58.1. The lowest BCUT2D eigenvalue weighted by molar-refractivity contribution is -0.150. The Kier molecular flexibility index (Phi) is 7.37. The third-order valence-electron chi connectivity index (χ3n) is 5.02. The molecule has 1 saturated heterocycles. The molecule has 0 bridgehead atoms. The van der Waals surface area contributed by atoms with Crippen molar-refractivity contribution in [2.24, 2.45) is 5.16 Å². The van der Waals surface area contributed by atoms with Crippen LogP contribution in [0.2, 0.25) is 0 Å². The quantitative estimate of drug-likeness (QED) is 0.122. The predicted molar refractivity (Wildman–Crippen MR) is 127 cm³/mol. The molecular formula is C20H17N7O7S2. The number of nitrogens with zero attached hydrogens (tertiary/aromatic N) is 5. The van der Waals surface area contributed by atoms with E-state index in [1.165, 1.54) is 30.8 Å². The Bertz CT molecular complexity index is 1290. The average molecular weight is 532 g/mol. The van der Waals surface area contributed by atoms with Crippen molar-refractivity contribution in [3.05, 3.63) is 52.4 Å². The molecule has 0 radical (unpaired) electrons. The number of oxime groups is 1. The number of nitrogens with one attached hydrogen (secondary N) is 2. The van der Waals surface area contributed by atoms with Gasteiger partial charge in [0.25, 0.3) is 11.8 Å². The van der Waals surface area contributed by atoms with Crippen LogP contribution in [0.3, 0.4) is 0 Å². The molecule has 36 heavy (non-hydrogen) atoms. The van der Waals surface area contributed by atoms with Crippen molar-refractivity contribution in [2.45, 2.75) is 11.4 Å². The summed E-state index contributed by atoms with van der Waals surface area (Å²) < 4.78 is 13.0. The predicted octanol–water partition coefficient (Wildman–Crippen LogP) is -0.681. The van der Waals surface area contributed by atoms with Crippen LogP contribution in [0, 0.1) is 0 Å². The van der Waals surface area contributed by atoms with Gasteiger partial charge in [-0.1, -0.05) is 5.16 Å². The van der Waals surface area contributed by atoms with E-state index in [9.17, 15) is 28.8 Å². The number of allylic oxidation sites excluding steroid dienone is 1. The maximum Gasteiger partial charge on any atom is 0.353 e. The number of carboxylic acid groups (broad SMARTS) is 1. The number of anilines is 1. The van der Waals surface area contributed by atoms with E-state index in [4.69, 9.17) is 4.84 Å². The van der Waals surface area contributed by atoms with Gasteiger partial charge in [-0.25, -0.2) is 9.78 Å². The summed E-state index contributed by atoms with van der Waals surface area (Å²) in [5, 5.41) is 26.4. The molecule has 1 fully saturated rings. The van der Waals surface area contributed by atoms with Crippen LogP contribution in [0.4, 0.5) is 5.13 Å². The van der Waals surface area contributed by atoms with Gasteiger partial charge in [-0.2, -0.15) is 10.2 Å². The van der Waals surface area contributed by atoms with Crippen LogP contribution in [-0.2, 0) is 35.2 Å². The lowest BCUT2D eigenvalue weighted by Crippen LogP contribution is -2.75. The lowest BCUT2D eigenvalue weighted by Gasteiger charge is -2.48. The first-order valence-corrected chi connectivity index (χ1v) is 12.3. The van der Waals surface area contributed by atoms with Crippen LogP contribution >= 0.6 is 11.3 Å². The van der Waals surface area contributed by atoms with Crippen molar-refractivity contribution in [1.82, 2.24) is 25.4 Å². The van der Waals surface area contributed by atoms with Crippen molar-refractivity contribution in [2.75, 3.05) is 18.2 Å². The van der Waals surface area contributed by atoms with Crippen molar-refractivity contribution < 1.29 is 33.7 Å². The second kappa shape index (κ2) is 10.6. The number of carboxylic acids is 1. The molecule has 2 unspecified atom stereocenters. The van der Waals surface area contributed by atoms with E-state index in [-0.39, 0.29) is 33.6 Å². The summed E-state index contributed by atoms with van der Waals surface area (Å²) in [6, 6.07) is 2.03. The van der Waals surface area contributed by atoms with E-state index in [1.54, 1.807) is 12.1 Å². The largest absolute Gasteiger partial charge is 0.614 e. The van der Waals surface area contributed by atoms with Gasteiger partial charge in [0, 0.05) is 17.2 Å². The zero-order valence-corrected chi connectivity index (χ0v) is 20.0. The molecule has 2 aliphatic rings. The number of rotatable bonds is 9. The van der Waals surface area contributed by atoms with Crippen molar-refractivity contribution in [3.8, 4) is 0 Å². The van der Waals surface area contributed by atoms with Crippen LogP contribution in [-0.4, -0.2) is 83.9 Å². The van der Waals surface area contributed by atoms with Crippen molar-refractivity contribution in [3.63, 3.8) is 0 Å². The number of aromatic nitrogens is 3. The Hall–Kier alpha value is -4.15. The normalized spacial score (nSPS) is 21.6. The fraction of sp³-hybridized carbons (Fsp3) is 0.200. The number of carbonyl (C=O) groups excluding carboxylic acids is 3. The molecule has 0 spiro atoms. The minimum atomic E-state index is -1.73. The maximum atomic E-state index is 13.0. The fourth-order valence-electron chi connectivity index (χ4n) is 3.53. The SMILES string of the molecule is CON=C(C(=O)NC1C(=O)N2C(C(=O)O)=C(C=Cc3cccnn3)C[S+]([O-])[C@@H]12)c1csc(NC=O)n1. The number of thiazole rings is 1. The summed E-state index contributed by atoms with van der Waals surface area (Å²) in [5.41, 5.74) is 0.0632. The number of carbonyl (C=O) groups is 4. The molecule has 3 N–H and O–H groups in total. The third-order valence-corrected chi connectivity index (χ3v) is 7.41. The molecule has 186 valence electrons. The highest BCUT2D eigenvalue weighted by atomic mass is 32.2. The molecule has 2 aliphatic heterocycles. The van der Waals surface area contributed by atoms with E-state index in [0.717, 1.165) is 16.2 Å². The van der Waals surface area contributed by atoms with Crippen LogP contribution in [0.25, 0.3) is 6.08 Å². The molecule has 16 heteroatoms. The molecule has 0 saturated carbocycles. The van der Waals surface area contributed by atoms with Gasteiger partial charge in [-0.15, -0.1) is 11.3 Å². The van der Waals surface area contributed by atoms with Crippen LogP contribution in [0.15, 0.2) is 46.2 Å². The smallest absolute Gasteiger partial charge is 0.353 e. The second-order valence-corrected chi connectivity index (χ2v) is 9.55. The number of aliphatic carboxylic acids is 1. The summed E-state index contributed by atoms with van der Waals surface area (Å²) in [5.74, 6) is -3.15. The van der Waals surface area contributed by atoms with E-state index in [1.807, 2.05) is 0 Å². The van der Waals surface area contributed by atoms with E-state index in [2.05, 4.69) is 31.0 Å². The van der Waals surface area contributed by atoms with Gasteiger partial charge >= 0.3 is 5.97 Å². The number of hydrogen-bond acceptors (Lipinski definition) is 11. The fourth-order valence-corrected chi connectivity index (χ4v) is 5.82. The Morgan fingerprint density at radius 2 is 2.22 bits per heavy atom. The molecular weight excluding hydrogens is 514 g/mol. The van der Waals surface area contributed by atoms with E-state index < -0.39 is 40.4 Å². The second-order valence-electron chi connectivity index (χ2n) is 7.16. The van der Waals surface area contributed by atoms with Crippen molar-refractivity contribution >= 4 is 63.6 Å². The number of amides is 3. The maximum absolute atomic E-state index is 13.0. The minimum Gasteiger partial charge on any atom is -0.614 e. The first kappa shape index (κ1) is 25.0. The zero-order chi connectivity index (χ0) is 25.8. The molecule has 3 atom stereocenters. The highest BCUT2D eigenvalue weighted by Gasteiger charge is 2.61. The Morgan fingerprint density at radius 3 is 2.89 bits per heavy atom. The number of fused-ring (bicyclic) bond motifs is 1. The molecule has 0 aromatic carbocycles. The standard InChI is InChI=1S/C20H17N7O7S2/c1-34-26-13(12-7-35-20(23-12)21-9-28)16(29)24-14-17(30)27-15(19(31)32)10(8-36(33)18(14)27)4-5-11-3-2-6-22-25-11/h2-7,9,14,18H,8H2,1H3,(H,24,29)(H,31,32)(H,21,23,28)/t14?,18-,36?/m0/s1. The topological polar surface area (TPSA) is 199 Å². The Morgan fingerprint density at radius 1 is 1.42 bits per heavy atom. The Balaban J connectivity index is 1.56. The first-order valence-electron chi connectivity index (χ1n) is 10.1. The van der Waals surface area contributed by atoms with Gasteiger partial charge in [0.15, 0.2) is 16.9 Å². The third kappa shape index (κ3) is 4.81. The van der Waals surface area contributed by atoms with E-state index >= 15 is 0 Å². The lowest BCUT2D eigenvalue weighted by atomic mass is 10.0. The highest BCUT2D eigenvalue weighted by Crippen LogP contribution is 2.37. The minimum absolute atomic E-state index is 0.0691. The molecule has 4 rings (SSSR count). The van der Waals surface area contributed by atoms with Gasteiger partial charge in [0.2, 0.25) is 11.8 Å². The summed E-state index contributed by atoms with van der Waals surface area (Å²) in [6.07, 6.45) is 4.82. The number of hydrogen-bond donors (Lipinski definition) is 3. The Labute approximate surface area is 209 Å². The van der Waals surface area contributed by atoms with Crippen molar-refractivity contribution in [1.29, 1.82) is 0 Å². The monoisotopic (exact) mass is 531 g/mol. The van der Waals surface area contributed by atoms with Gasteiger partial charge < -0.3 is 25.1 Å². The van der Waals surface area contributed by atoms with Crippen LogP contribution in [0.5, 0.6) is 0 Å². The van der Waals surface area contributed by atoms with Gasteiger partial charge in [0.05, 0.1) is 5.69 Å². The average Bonchev–Trinajstić information content (AvgIpc) is 3.32. The molecule has 3 amide bonds. The van der Waals surface area contributed by atoms with Gasteiger partial charge in [-0.3, -0.25) is 19.3 Å². The van der Waals surface area contributed by atoms with Gasteiger partial charge in [0.1, 0.15) is 24.3 Å². The summed E-state index contributed by atoms with van der Waals surface area (Å²) >= 11 is -0.702. The van der Waals surface area contributed by atoms with E-state index in [0.29, 0.717) is 12.1 Å². The molecule has 14 nitrogen and oxygen atoms in total. The molecule has 4 heterocycles. The summed E-state index contributed by atoms with van der Waals surface area (Å²) in [7, 11) is 1.21. The van der Waals surface area contributed by atoms with Crippen LogP contribution < -0.4 is 10.6 Å². The molecule has 2 aromatic heterocycles. The van der Waals surface area contributed by atoms with Crippen LogP contribution in [0.1, 0.15) is 11.4 Å². The van der Waals surface area contributed by atoms with Gasteiger partial charge in [-0.05, 0) is 35.5 Å². The molecule has 0 aliphatic carbocycles. The summed E-state index contributed by atoms with van der Waals surface area (Å²) in [6.45, 7) is 0. The molecule has 2 aromatic rings. The number of β-lactam (4-membered cyclic amide) rings is 1. The highest BCUT2D eigenvalue weighted by molar-refractivity contribution is 7.92.